The van der Waals surface area contributed by atoms with Crippen molar-refractivity contribution < 1.29 is 9.59 Å². The Labute approximate surface area is 153 Å². The van der Waals surface area contributed by atoms with Crippen LogP contribution in [0.15, 0.2) is 85.1 Å². The second kappa shape index (κ2) is 9.74. The van der Waals surface area contributed by atoms with Gasteiger partial charge in [-0.1, -0.05) is 48.6 Å². The van der Waals surface area contributed by atoms with Crippen LogP contribution in [-0.2, 0) is 4.79 Å². The molecule has 1 N–H and O–H groups in total. The highest BCUT2D eigenvalue weighted by Gasteiger charge is 2.06. The maximum atomic E-state index is 12.0. The number of benzene rings is 1. The first-order chi connectivity index (χ1) is 12.6. The summed E-state index contributed by atoms with van der Waals surface area (Å²) in [5.74, 6) is -0.412. The molecule has 1 amide bonds. The van der Waals surface area contributed by atoms with Crippen LogP contribution in [0.4, 0.5) is 5.69 Å². The molecule has 0 spiro atoms. The standard InChI is InChI=1S/C21H21N3O2/c1-3-5-7-9-20(25)22-18-13-11-17(12-14-18)19-15-16-24(23-19)21(26)10-8-6-4-2/h3-16H,1-2H3,(H,22,25)/b5-3+,6-4+,9-7-,10-8+. The smallest absolute Gasteiger partial charge is 0.270 e. The van der Waals surface area contributed by atoms with E-state index in [0.717, 1.165) is 5.56 Å². The van der Waals surface area contributed by atoms with Gasteiger partial charge in [-0.25, -0.2) is 4.68 Å². The van der Waals surface area contributed by atoms with E-state index in [9.17, 15) is 9.59 Å². The third-order valence-corrected chi connectivity index (χ3v) is 3.36. The molecule has 0 bridgehead atoms. The van der Waals surface area contributed by atoms with Crippen LogP contribution in [0.1, 0.15) is 18.6 Å². The zero-order valence-corrected chi connectivity index (χ0v) is 14.8. The number of carbonyl (C=O) groups is 2. The van der Waals surface area contributed by atoms with Gasteiger partial charge in [0.1, 0.15) is 0 Å². The van der Waals surface area contributed by atoms with E-state index in [4.69, 9.17) is 0 Å². The van der Waals surface area contributed by atoms with Crippen molar-refractivity contribution in [3.8, 4) is 11.3 Å². The van der Waals surface area contributed by atoms with Gasteiger partial charge in [0, 0.05) is 29.6 Å². The zero-order chi connectivity index (χ0) is 18.8. The normalized spacial score (nSPS) is 11.9. The monoisotopic (exact) mass is 347 g/mol. The van der Waals surface area contributed by atoms with Gasteiger partial charge in [-0.15, -0.1) is 0 Å². The lowest BCUT2D eigenvalue weighted by Crippen LogP contribution is -2.08. The van der Waals surface area contributed by atoms with Gasteiger partial charge in [0.2, 0.25) is 5.91 Å². The molecule has 0 aliphatic rings. The van der Waals surface area contributed by atoms with Gasteiger partial charge in [-0.3, -0.25) is 9.59 Å². The topological polar surface area (TPSA) is 64.0 Å². The number of rotatable bonds is 6. The largest absolute Gasteiger partial charge is 0.323 e. The molecular weight excluding hydrogens is 326 g/mol. The minimum Gasteiger partial charge on any atom is -0.323 e. The molecule has 0 aliphatic carbocycles. The van der Waals surface area contributed by atoms with E-state index in [1.165, 1.54) is 16.8 Å². The highest BCUT2D eigenvalue weighted by atomic mass is 16.2. The van der Waals surface area contributed by atoms with Crippen LogP contribution in [0, 0.1) is 0 Å². The average Bonchev–Trinajstić information content (AvgIpc) is 3.13. The van der Waals surface area contributed by atoms with Gasteiger partial charge < -0.3 is 5.32 Å². The van der Waals surface area contributed by atoms with Gasteiger partial charge in [-0.2, -0.15) is 5.10 Å². The minimum absolute atomic E-state index is 0.196. The van der Waals surface area contributed by atoms with E-state index >= 15 is 0 Å². The van der Waals surface area contributed by atoms with Crippen molar-refractivity contribution in [3.05, 3.63) is 85.1 Å². The molecule has 5 nitrogen and oxygen atoms in total. The number of aromatic nitrogens is 2. The summed E-state index contributed by atoms with van der Waals surface area (Å²) in [5.41, 5.74) is 2.23. The van der Waals surface area contributed by atoms with Crippen molar-refractivity contribution in [3.63, 3.8) is 0 Å². The molecule has 132 valence electrons. The number of amides is 1. The van der Waals surface area contributed by atoms with Gasteiger partial charge in [0.05, 0.1) is 5.69 Å². The highest BCUT2D eigenvalue weighted by Crippen LogP contribution is 2.19. The Hall–Kier alpha value is -3.47. The molecule has 2 rings (SSSR count). The van der Waals surface area contributed by atoms with Crippen molar-refractivity contribution in [2.75, 3.05) is 5.32 Å². The Balaban J connectivity index is 2.04. The molecule has 2 aromatic rings. The van der Waals surface area contributed by atoms with E-state index in [1.807, 2.05) is 38.1 Å². The lowest BCUT2D eigenvalue weighted by Gasteiger charge is -2.03. The van der Waals surface area contributed by atoms with Crippen molar-refractivity contribution in [2.24, 2.45) is 0 Å². The molecule has 1 aromatic heterocycles. The van der Waals surface area contributed by atoms with Crippen molar-refractivity contribution in [1.29, 1.82) is 0 Å². The van der Waals surface area contributed by atoms with E-state index in [2.05, 4.69) is 10.4 Å². The molecule has 0 saturated carbocycles. The maximum absolute atomic E-state index is 12.0. The van der Waals surface area contributed by atoms with Gasteiger partial charge in [-0.05, 0) is 32.0 Å². The van der Waals surface area contributed by atoms with Crippen molar-refractivity contribution >= 4 is 17.5 Å². The summed E-state index contributed by atoms with van der Waals surface area (Å²) in [6.07, 6.45) is 15.1. The van der Waals surface area contributed by atoms with E-state index in [1.54, 1.807) is 48.7 Å². The van der Waals surface area contributed by atoms with Crippen LogP contribution < -0.4 is 5.32 Å². The molecule has 5 heteroatoms. The Morgan fingerprint density at radius 2 is 1.58 bits per heavy atom. The first-order valence-electron chi connectivity index (χ1n) is 8.24. The Morgan fingerprint density at radius 3 is 2.23 bits per heavy atom. The molecule has 0 radical (unpaired) electrons. The maximum Gasteiger partial charge on any atom is 0.270 e. The zero-order valence-electron chi connectivity index (χ0n) is 14.8. The summed E-state index contributed by atoms with van der Waals surface area (Å²) < 4.78 is 1.29. The summed E-state index contributed by atoms with van der Waals surface area (Å²) in [5, 5.41) is 7.06. The fourth-order valence-corrected chi connectivity index (χ4v) is 2.09. The third-order valence-electron chi connectivity index (χ3n) is 3.36. The van der Waals surface area contributed by atoms with Gasteiger partial charge >= 0.3 is 0 Å². The van der Waals surface area contributed by atoms with Crippen LogP contribution in [0.3, 0.4) is 0 Å². The predicted octanol–water partition coefficient (Wildman–Crippen LogP) is 4.39. The van der Waals surface area contributed by atoms with Crippen LogP contribution in [0.25, 0.3) is 11.3 Å². The molecule has 0 unspecified atom stereocenters. The van der Waals surface area contributed by atoms with Crippen LogP contribution in [0.5, 0.6) is 0 Å². The number of allylic oxidation sites excluding steroid dienone is 7. The van der Waals surface area contributed by atoms with Crippen LogP contribution in [-0.4, -0.2) is 21.6 Å². The molecule has 0 fully saturated rings. The lowest BCUT2D eigenvalue weighted by molar-refractivity contribution is -0.111. The SMILES string of the molecule is C/C=C/C=C\C(=O)Nc1ccc(-c2ccn(C(=O)/C=C/C=C/C)n2)cc1. The Kier molecular flexibility index (Phi) is 7.06. The van der Waals surface area contributed by atoms with Crippen LogP contribution in [0.2, 0.25) is 0 Å². The quantitative estimate of drug-likeness (QED) is 0.622. The predicted molar refractivity (Wildman–Crippen MR) is 105 cm³/mol. The summed E-state index contributed by atoms with van der Waals surface area (Å²) in [6, 6.07) is 9.05. The Morgan fingerprint density at radius 1 is 0.923 bits per heavy atom. The minimum atomic E-state index is -0.217. The van der Waals surface area contributed by atoms with E-state index < -0.39 is 0 Å². The number of nitrogens with one attached hydrogen (secondary N) is 1. The van der Waals surface area contributed by atoms with Crippen molar-refractivity contribution in [2.45, 2.75) is 13.8 Å². The van der Waals surface area contributed by atoms with Gasteiger partial charge in [0.25, 0.3) is 5.91 Å². The van der Waals surface area contributed by atoms with Crippen molar-refractivity contribution in [1.82, 2.24) is 9.78 Å². The third kappa shape index (κ3) is 5.56. The number of carbonyl (C=O) groups excluding carboxylic acids is 2. The summed E-state index contributed by atoms with van der Waals surface area (Å²) in [6.45, 7) is 3.76. The first kappa shape index (κ1) is 18.9. The fraction of sp³-hybridized carbons (Fsp3) is 0.0952. The molecule has 26 heavy (non-hydrogen) atoms. The molecule has 0 atom stereocenters. The number of nitrogens with zero attached hydrogens (tertiary/aromatic N) is 2. The average molecular weight is 347 g/mol. The molecule has 1 aromatic carbocycles. The fourth-order valence-electron chi connectivity index (χ4n) is 2.09. The number of hydrogen-bond acceptors (Lipinski definition) is 3. The summed E-state index contributed by atoms with van der Waals surface area (Å²) in [4.78, 5) is 23.7. The van der Waals surface area contributed by atoms with E-state index in [0.29, 0.717) is 11.4 Å². The molecular formula is C21H21N3O2. The highest BCUT2D eigenvalue weighted by molar-refractivity contribution is 5.99. The first-order valence-corrected chi connectivity index (χ1v) is 8.24. The number of hydrogen-bond donors (Lipinski definition) is 1. The summed E-state index contributed by atoms with van der Waals surface area (Å²) >= 11 is 0. The Bertz CT molecular complexity index is 869. The van der Waals surface area contributed by atoms with Crippen LogP contribution >= 0.6 is 0 Å². The second-order valence-corrected chi connectivity index (χ2v) is 5.32. The second-order valence-electron chi connectivity index (χ2n) is 5.32. The number of anilines is 1. The van der Waals surface area contributed by atoms with E-state index in [-0.39, 0.29) is 11.8 Å². The molecule has 1 heterocycles. The molecule has 0 aliphatic heterocycles. The van der Waals surface area contributed by atoms with Gasteiger partial charge in [0.15, 0.2) is 0 Å². The summed E-state index contributed by atoms with van der Waals surface area (Å²) in [7, 11) is 0. The molecule has 0 saturated heterocycles. The lowest BCUT2D eigenvalue weighted by atomic mass is 10.1.